The Morgan fingerprint density at radius 1 is 1.26 bits per heavy atom. The number of carboxylic acid groups (broad SMARTS) is 1. The standard InChI is InChI=1S/C14H19F2NO2/c1-9(10-5-11(15)7-12(16)6-10)17(8-13(18)19)14(2,3)4/h5-7,9H,8H2,1-4H3,(H,18,19). The summed E-state index contributed by atoms with van der Waals surface area (Å²) in [7, 11) is 0. The molecule has 0 aliphatic carbocycles. The number of halogens is 2. The highest BCUT2D eigenvalue weighted by Gasteiger charge is 2.29. The van der Waals surface area contributed by atoms with Gasteiger partial charge in [0.2, 0.25) is 0 Å². The van der Waals surface area contributed by atoms with Crippen molar-refractivity contribution in [2.24, 2.45) is 0 Å². The van der Waals surface area contributed by atoms with Gasteiger partial charge in [0.15, 0.2) is 0 Å². The van der Waals surface area contributed by atoms with E-state index in [1.54, 1.807) is 11.8 Å². The summed E-state index contributed by atoms with van der Waals surface area (Å²) < 4.78 is 26.5. The zero-order valence-corrected chi connectivity index (χ0v) is 11.6. The van der Waals surface area contributed by atoms with E-state index in [-0.39, 0.29) is 6.54 Å². The molecule has 19 heavy (non-hydrogen) atoms. The average molecular weight is 271 g/mol. The Kier molecular flexibility index (Phi) is 4.63. The molecule has 1 unspecified atom stereocenters. The van der Waals surface area contributed by atoms with Crippen molar-refractivity contribution >= 4 is 5.97 Å². The molecule has 1 atom stereocenters. The van der Waals surface area contributed by atoms with Gasteiger partial charge in [-0.1, -0.05) is 0 Å². The molecule has 0 radical (unpaired) electrons. The summed E-state index contributed by atoms with van der Waals surface area (Å²) in [6.45, 7) is 7.14. The van der Waals surface area contributed by atoms with Crippen LogP contribution in [-0.4, -0.2) is 28.1 Å². The minimum atomic E-state index is -0.973. The van der Waals surface area contributed by atoms with E-state index in [0.29, 0.717) is 5.56 Å². The molecule has 1 rings (SSSR count). The number of aliphatic carboxylic acids is 1. The minimum absolute atomic E-state index is 0.192. The van der Waals surface area contributed by atoms with E-state index in [1.807, 2.05) is 20.8 Å². The first kappa shape index (κ1) is 15.6. The number of rotatable bonds is 4. The van der Waals surface area contributed by atoms with Crippen molar-refractivity contribution in [2.45, 2.75) is 39.3 Å². The number of carbonyl (C=O) groups is 1. The van der Waals surface area contributed by atoms with Crippen LogP contribution in [0.3, 0.4) is 0 Å². The van der Waals surface area contributed by atoms with Crippen LogP contribution in [0, 0.1) is 11.6 Å². The van der Waals surface area contributed by atoms with Crippen molar-refractivity contribution in [1.29, 1.82) is 0 Å². The Morgan fingerprint density at radius 2 is 1.74 bits per heavy atom. The van der Waals surface area contributed by atoms with Crippen LogP contribution in [0.2, 0.25) is 0 Å². The number of hydrogen-bond acceptors (Lipinski definition) is 2. The molecule has 0 spiro atoms. The summed E-state index contributed by atoms with van der Waals surface area (Å²) in [4.78, 5) is 12.6. The number of benzene rings is 1. The highest BCUT2D eigenvalue weighted by Crippen LogP contribution is 2.28. The molecule has 3 nitrogen and oxygen atoms in total. The summed E-state index contributed by atoms with van der Waals surface area (Å²) in [5, 5.41) is 8.96. The van der Waals surface area contributed by atoms with Gasteiger partial charge in [-0.15, -0.1) is 0 Å². The van der Waals surface area contributed by atoms with E-state index < -0.39 is 29.2 Å². The van der Waals surface area contributed by atoms with Gasteiger partial charge in [0.1, 0.15) is 11.6 Å². The third kappa shape index (κ3) is 4.28. The molecule has 0 aromatic heterocycles. The van der Waals surface area contributed by atoms with Gasteiger partial charge in [0.05, 0.1) is 6.54 Å². The van der Waals surface area contributed by atoms with Gasteiger partial charge in [0, 0.05) is 17.6 Å². The Labute approximate surface area is 111 Å². The Bertz CT molecular complexity index is 449. The SMILES string of the molecule is CC(c1cc(F)cc(F)c1)N(CC(=O)O)C(C)(C)C. The molecule has 0 aliphatic rings. The van der Waals surface area contributed by atoms with Gasteiger partial charge in [-0.3, -0.25) is 9.69 Å². The van der Waals surface area contributed by atoms with Crippen LogP contribution >= 0.6 is 0 Å². The van der Waals surface area contributed by atoms with Crippen molar-refractivity contribution in [3.63, 3.8) is 0 Å². The molecule has 1 N–H and O–H groups in total. The second kappa shape index (κ2) is 5.65. The van der Waals surface area contributed by atoms with Gasteiger partial charge in [-0.2, -0.15) is 0 Å². The monoisotopic (exact) mass is 271 g/mol. The van der Waals surface area contributed by atoms with Gasteiger partial charge in [-0.05, 0) is 45.4 Å². The van der Waals surface area contributed by atoms with Crippen molar-refractivity contribution in [3.05, 3.63) is 35.4 Å². The summed E-state index contributed by atoms with van der Waals surface area (Å²) >= 11 is 0. The third-order valence-corrected chi connectivity index (χ3v) is 3.00. The quantitative estimate of drug-likeness (QED) is 0.914. The molecule has 0 saturated heterocycles. The first-order valence-corrected chi connectivity index (χ1v) is 6.06. The second-order valence-electron chi connectivity index (χ2n) is 5.57. The van der Waals surface area contributed by atoms with Crippen LogP contribution in [0.5, 0.6) is 0 Å². The Morgan fingerprint density at radius 3 is 2.11 bits per heavy atom. The first-order valence-electron chi connectivity index (χ1n) is 6.06. The highest BCUT2D eigenvalue weighted by atomic mass is 19.1. The lowest BCUT2D eigenvalue weighted by Crippen LogP contribution is -2.45. The molecule has 5 heteroatoms. The first-order chi connectivity index (χ1) is 8.61. The van der Waals surface area contributed by atoms with Crippen LogP contribution in [0.15, 0.2) is 18.2 Å². The third-order valence-electron chi connectivity index (χ3n) is 3.00. The summed E-state index contributed by atoms with van der Waals surface area (Å²) in [6, 6.07) is 2.86. The number of nitrogens with zero attached hydrogens (tertiary/aromatic N) is 1. The van der Waals surface area contributed by atoms with E-state index in [2.05, 4.69) is 0 Å². The normalized spacial score (nSPS) is 13.6. The van der Waals surface area contributed by atoms with Gasteiger partial charge in [-0.25, -0.2) is 8.78 Å². The number of carboxylic acids is 1. The maximum absolute atomic E-state index is 13.2. The lowest BCUT2D eigenvalue weighted by molar-refractivity contribution is -0.140. The maximum Gasteiger partial charge on any atom is 0.317 e. The van der Waals surface area contributed by atoms with E-state index in [9.17, 15) is 13.6 Å². The fourth-order valence-corrected chi connectivity index (χ4v) is 2.10. The molecule has 1 aromatic carbocycles. The zero-order chi connectivity index (χ0) is 14.8. The fraction of sp³-hybridized carbons (Fsp3) is 0.500. The predicted octanol–water partition coefficient (Wildman–Crippen LogP) is 3.21. The van der Waals surface area contributed by atoms with Gasteiger partial charge < -0.3 is 5.11 Å². The molecular weight excluding hydrogens is 252 g/mol. The van der Waals surface area contributed by atoms with Crippen LogP contribution in [0.1, 0.15) is 39.3 Å². The Hall–Kier alpha value is -1.49. The smallest absolute Gasteiger partial charge is 0.317 e. The van der Waals surface area contributed by atoms with E-state index >= 15 is 0 Å². The van der Waals surface area contributed by atoms with E-state index in [4.69, 9.17) is 5.11 Å². The molecule has 0 amide bonds. The van der Waals surface area contributed by atoms with E-state index in [1.165, 1.54) is 12.1 Å². The minimum Gasteiger partial charge on any atom is -0.480 e. The second-order valence-corrected chi connectivity index (χ2v) is 5.57. The lowest BCUT2D eigenvalue weighted by atomic mass is 9.98. The molecule has 0 aliphatic heterocycles. The van der Waals surface area contributed by atoms with Crippen LogP contribution in [-0.2, 0) is 4.79 Å². The predicted molar refractivity (Wildman–Crippen MR) is 68.9 cm³/mol. The summed E-state index contributed by atoms with van der Waals surface area (Å²) in [5.41, 5.74) is -0.00526. The zero-order valence-electron chi connectivity index (χ0n) is 11.6. The van der Waals surface area contributed by atoms with Crippen LogP contribution in [0.4, 0.5) is 8.78 Å². The highest BCUT2D eigenvalue weighted by molar-refractivity contribution is 5.69. The molecule has 0 heterocycles. The molecule has 0 fully saturated rings. The Balaban J connectivity index is 3.11. The molecule has 0 bridgehead atoms. The fourth-order valence-electron chi connectivity index (χ4n) is 2.10. The van der Waals surface area contributed by atoms with Crippen molar-refractivity contribution in [1.82, 2.24) is 4.90 Å². The largest absolute Gasteiger partial charge is 0.480 e. The molecule has 0 saturated carbocycles. The molecular formula is C14H19F2NO2. The average Bonchev–Trinajstić information content (AvgIpc) is 2.21. The van der Waals surface area contributed by atoms with Crippen molar-refractivity contribution < 1.29 is 18.7 Å². The molecule has 1 aromatic rings. The summed E-state index contributed by atoms with van der Waals surface area (Å²) in [5.74, 6) is -2.30. The number of hydrogen-bond donors (Lipinski definition) is 1. The van der Waals surface area contributed by atoms with Crippen LogP contribution in [0.25, 0.3) is 0 Å². The van der Waals surface area contributed by atoms with Crippen molar-refractivity contribution in [3.8, 4) is 0 Å². The van der Waals surface area contributed by atoms with E-state index in [0.717, 1.165) is 6.07 Å². The van der Waals surface area contributed by atoms with Gasteiger partial charge in [0.25, 0.3) is 0 Å². The van der Waals surface area contributed by atoms with Crippen molar-refractivity contribution in [2.75, 3.05) is 6.54 Å². The molecule has 106 valence electrons. The summed E-state index contributed by atoms with van der Waals surface area (Å²) in [6.07, 6.45) is 0. The van der Waals surface area contributed by atoms with Crippen LogP contribution < -0.4 is 0 Å². The lowest BCUT2D eigenvalue weighted by Gasteiger charge is -2.39. The maximum atomic E-state index is 13.2. The topological polar surface area (TPSA) is 40.5 Å². The van der Waals surface area contributed by atoms with Gasteiger partial charge >= 0.3 is 5.97 Å².